The maximum absolute atomic E-state index is 12.6. The van der Waals surface area contributed by atoms with Gasteiger partial charge in [0.2, 0.25) is 5.91 Å². The van der Waals surface area contributed by atoms with E-state index in [9.17, 15) is 9.59 Å². The van der Waals surface area contributed by atoms with Crippen LogP contribution in [0.5, 0.6) is 0 Å². The number of hydrogen-bond donors (Lipinski definition) is 1. The molecule has 1 rings (SSSR count). The van der Waals surface area contributed by atoms with Gasteiger partial charge in [-0.15, -0.1) is 0 Å². The monoisotopic (exact) mass is 331 g/mol. The molecule has 0 aliphatic carbocycles. The molecule has 0 aliphatic rings. The SMILES string of the molecule is CN(CCC#N)C(=O)[C@H](Cc1ccccc1)NC(=O)OC(C)(C)C. The van der Waals surface area contributed by atoms with Crippen molar-refractivity contribution in [3.05, 3.63) is 35.9 Å². The molecule has 2 amide bonds. The first-order valence-electron chi connectivity index (χ1n) is 7.88. The topological polar surface area (TPSA) is 82.4 Å². The van der Waals surface area contributed by atoms with E-state index in [1.54, 1.807) is 27.8 Å². The number of nitriles is 1. The second kappa shape index (κ2) is 8.92. The average molecular weight is 331 g/mol. The van der Waals surface area contributed by atoms with Crippen LogP contribution in [0.15, 0.2) is 30.3 Å². The molecule has 24 heavy (non-hydrogen) atoms. The Morgan fingerprint density at radius 1 is 1.29 bits per heavy atom. The molecule has 6 heteroatoms. The van der Waals surface area contributed by atoms with Crippen molar-refractivity contribution in [1.29, 1.82) is 5.26 Å². The Balaban J connectivity index is 2.84. The van der Waals surface area contributed by atoms with E-state index in [1.165, 1.54) is 4.90 Å². The summed E-state index contributed by atoms with van der Waals surface area (Å²) in [5.41, 5.74) is 0.289. The van der Waals surface area contributed by atoms with Crippen molar-refractivity contribution in [2.24, 2.45) is 0 Å². The molecule has 1 atom stereocenters. The lowest BCUT2D eigenvalue weighted by Gasteiger charge is -2.26. The van der Waals surface area contributed by atoms with Crippen molar-refractivity contribution in [2.75, 3.05) is 13.6 Å². The van der Waals surface area contributed by atoms with Crippen molar-refractivity contribution in [2.45, 2.75) is 45.3 Å². The largest absolute Gasteiger partial charge is 0.444 e. The van der Waals surface area contributed by atoms with Gasteiger partial charge in [0.25, 0.3) is 0 Å². The molecular weight excluding hydrogens is 306 g/mol. The molecule has 0 spiro atoms. The predicted molar refractivity (Wildman–Crippen MR) is 91.2 cm³/mol. The van der Waals surface area contributed by atoms with Crippen LogP contribution in [0.2, 0.25) is 0 Å². The zero-order chi connectivity index (χ0) is 18.2. The van der Waals surface area contributed by atoms with Gasteiger partial charge in [-0.1, -0.05) is 30.3 Å². The highest BCUT2D eigenvalue weighted by Gasteiger charge is 2.26. The first kappa shape index (κ1) is 19.5. The van der Waals surface area contributed by atoms with Crippen molar-refractivity contribution in [1.82, 2.24) is 10.2 Å². The molecule has 1 aromatic carbocycles. The fourth-order valence-corrected chi connectivity index (χ4v) is 2.09. The zero-order valence-electron chi connectivity index (χ0n) is 14.7. The number of alkyl carbamates (subject to hydrolysis) is 1. The third kappa shape index (κ3) is 7.14. The summed E-state index contributed by atoms with van der Waals surface area (Å²) < 4.78 is 5.24. The van der Waals surface area contributed by atoms with E-state index >= 15 is 0 Å². The molecule has 0 heterocycles. The highest BCUT2D eigenvalue weighted by molar-refractivity contribution is 5.85. The number of carbonyl (C=O) groups excluding carboxylic acids is 2. The van der Waals surface area contributed by atoms with Gasteiger partial charge in [0, 0.05) is 20.0 Å². The number of amides is 2. The minimum Gasteiger partial charge on any atom is -0.444 e. The van der Waals surface area contributed by atoms with Crippen LogP contribution in [-0.4, -0.2) is 42.1 Å². The Kier molecular flexibility index (Phi) is 7.25. The Morgan fingerprint density at radius 3 is 2.46 bits per heavy atom. The maximum Gasteiger partial charge on any atom is 0.408 e. The lowest BCUT2D eigenvalue weighted by molar-refractivity contribution is -0.132. The van der Waals surface area contributed by atoms with Gasteiger partial charge in [0.05, 0.1) is 12.5 Å². The lowest BCUT2D eigenvalue weighted by atomic mass is 10.0. The van der Waals surface area contributed by atoms with Crippen LogP contribution in [0.3, 0.4) is 0 Å². The van der Waals surface area contributed by atoms with E-state index in [0.29, 0.717) is 13.0 Å². The summed E-state index contributed by atoms with van der Waals surface area (Å²) in [6, 6.07) is 10.7. The van der Waals surface area contributed by atoms with E-state index in [-0.39, 0.29) is 12.3 Å². The smallest absolute Gasteiger partial charge is 0.408 e. The zero-order valence-corrected chi connectivity index (χ0v) is 14.7. The van der Waals surface area contributed by atoms with Crippen LogP contribution in [0.25, 0.3) is 0 Å². The van der Waals surface area contributed by atoms with Crippen molar-refractivity contribution in [3.8, 4) is 6.07 Å². The third-order valence-electron chi connectivity index (χ3n) is 3.21. The number of nitrogens with one attached hydrogen (secondary N) is 1. The van der Waals surface area contributed by atoms with Crippen molar-refractivity contribution >= 4 is 12.0 Å². The average Bonchev–Trinajstić information content (AvgIpc) is 2.50. The summed E-state index contributed by atoms with van der Waals surface area (Å²) in [4.78, 5) is 26.1. The van der Waals surface area contributed by atoms with Gasteiger partial charge in [-0.2, -0.15) is 5.26 Å². The summed E-state index contributed by atoms with van der Waals surface area (Å²) in [5, 5.41) is 11.3. The first-order chi connectivity index (χ1) is 11.2. The number of carbonyl (C=O) groups is 2. The number of hydrogen-bond acceptors (Lipinski definition) is 4. The Bertz CT molecular complexity index is 588. The maximum atomic E-state index is 12.6. The van der Waals surface area contributed by atoms with Crippen LogP contribution in [0.4, 0.5) is 4.79 Å². The fraction of sp³-hybridized carbons (Fsp3) is 0.500. The molecule has 0 saturated carbocycles. The summed E-state index contributed by atoms with van der Waals surface area (Å²) in [7, 11) is 1.62. The molecule has 0 fully saturated rings. The van der Waals surface area contributed by atoms with Gasteiger partial charge >= 0.3 is 6.09 Å². The molecule has 0 aromatic heterocycles. The second-order valence-corrected chi connectivity index (χ2v) is 6.56. The minimum atomic E-state index is -0.744. The number of likely N-dealkylation sites (N-methyl/N-ethyl adjacent to an activating group) is 1. The Labute approximate surface area is 143 Å². The number of rotatable bonds is 6. The fourth-order valence-electron chi connectivity index (χ4n) is 2.09. The molecule has 1 aromatic rings. The quantitative estimate of drug-likeness (QED) is 0.868. The van der Waals surface area contributed by atoms with Gasteiger partial charge < -0.3 is 15.0 Å². The molecule has 1 N–H and O–H groups in total. The van der Waals surface area contributed by atoms with E-state index in [4.69, 9.17) is 10.00 Å². The summed E-state index contributed by atoms with van der Waals surface area (Å²) in [6.07, 6.45) is -0.0341. The van der Waals surface area contributed by atoms with Crippen molar-refractivity contribution < 1.29 is 14.3 Å². The lowest BCUT2D eigenvalue weighted by Crippen LogP contribution is -2.50. The molecule has 130 valence electrons. The molecule has 0 aliphatic heterocycles. The van der Waals surface area contributed by atoms with Crippen LogP contribution >= 0.6 is 0 Å². The summed E-state index contributed by atoms with van der Waals surface area (Å²) in [5.74, 6) is -0.250. The van der Waals surface area contributed by atoms with E-state index < -0.39 is 17.7 Å². The Hall–Kier alpha value is -2.55. The Morgan fingerprint density at radius 2 is 1.92 bits per heavy atom. The van der Waals surface area contributed by atoms with E-state index in [0.717, 1.165) is 5.56 Å². The van der Waals surface area contributed by atoms with Crippen molar-refractivity contribution in [3.63, 3.8) is 0 Å². The highest BCUT2D eigenvalue weighted by Crippen LogP contribution is 2.10. The number of benzene rings is 1. The van der Waals surface area contributed by atoms with E-state index in [1.807, 2.05) is 36.4 Å². The summed E-state index contributed by atoms with van der Waals surface area (Å²) >= 11 is 0. The normalized spacial score (nSPS) is 12.0. The van der Waals surface area contributed by atoms with Crippen LogP contribution in [0, 0.1) is 11.3 Å². The summed E-state index contributed by atoms with van der Waals surface area (Å²) in [6.45, 7) is 5.61. The van der Waals surface area contributed by atoms with Gasteiger partial charge in [-0.05, 0) is 26.3 Å². The first-order valence-corrected chi connectivity index (χ1v) is 7.88. The molecule has 0 bridgehead atoms. The van der Waals surface area contributed by atoms with Gasteiger partial charge in [-0.3, -0.25) is 4.79 Å². The second-order valence-electron chi connectivity index (χ2n) is 6.56. The predicted octanol–water partition coefficient (Wildman–Crippen LogP) is 2.49. The highest BCUT2D eigenvalue weighted by atomic mass is 16.6. The number of ether oxygens (including phenoxy) is 1. The molecule has 0 radical (unpaired) electrons. The molecule has 6 nitrogen and oxygen atoms in total. The van der Waals surface area contributed by atoms with Gasteiger partial charge in [0.15, 0.2) is 0 Å². The van der Waals surface area contributed by atoms with Crippen LogP contribution in [-0.2, 0) is 16.0 Å². The van der Waals surface area contributed by atoms with Crippen LogP contribution in [0.1, 0.15) is 32.8 Å². The minimum absolute atomic E-state index is 0.243. The molecule has 0 unspecified atom stereocenters. The standard InChI is InChI=1S/C18H25N3O3/c1-18(2,3)24-17(23)20-15(13-14-9-6-5-7-10-14)16(22)21(4)12-8-11-19/h5-7,9-10,15H,8,12-13H2,1-4H3,(H,20,23)/t15-/m0/s1. The number of nitrogens with zero attached hydrogens (tertiary/aromatic N) is 2. The van der Waals surface area contributed by atoms with Gasteiger partial charge in [0.1, 0.15) is 11.6 Å². The molecular formula is C18H25N3O3. The van der Waals surface area contributed by atoms with Gasteiger partial charge in [-0.25, -0.2) is 4.79 Å². The van der Waals surface area contributed by atoms with Crippen LogP contribution < -0.4 is 5.32 Å². The van der Waals surface area contributed by atoms with E-state index in [2.05, 4.69) is 5.32 Å². The third-order valence-corrected chi connectivity index (χ3v) is 3.21. The molecule has 0 saturated heterocycles.